The molecule has 0 bridgehead atoms. The average Bonchev–Trinajstić information content (AvgIpc) is 3.28. The van der Waals surface area contributed by atoms with E-state index in [-0.39, 0.29) is 24.5 Å². The lowest BCUT2D eigenvalue weighted by molar-refractivity contribution is -0.147. The van der Waals surface area contributed by atoms with Gasteiger partial charge in [-0.1, -0.05) is 48.0 Å². The smallest absolute Gasteiger partial charge is 0.394 e. The highest BCUT2D eigenvalue weighted by molar-refractivity contribution is 7.89. The summed E-state index contributed by atoms with van der Waals surface area (Å²) in [6, 6.07) is 20.4. The van der Waals surface area contributed by atoms with E-state index < -0.39 is 27.1 Å². The summed E-state index contributed by atoms with van der Waals surface area (Å²) < 4.78 is 35.2. The van der Waals surface area contributed by atoms with E-state index in [1.165, 1.54) is 12.1 Å². The first-order chi connectivity index (χ1) is 17.2. The van der Waals surface area contributed by atoms with Crippen LogP contribution >= 0.6 is 11.6 Å². The van der Waals surface area contributed by atoms with Gasteiger partial charge in [0.25, 0.3) is 0 Å². The average molecular weight is 528 g/mol. The SMILES string of the molecule is O=C(O)C(=O)Nc1ccc(CC(c2nc3ccccc3o2)S(=O)(=O)NCCc2ccc(Cl)cc2)cc1. The Hall–Kier alpha value is -3.73. The summed E-state index contributed by atoms with van der Waals surface area (Å²) in [6.07, 6.45) is 0.505. The van der Waals surface area contributed by atoms with Crippen LogP contribution < -0.4 is 10.0 Å². The molecule has 0 aliphatic rings. The van der Waals surface area contributed by atoms with E-state index in [0.717, 1.165) is 5.56 Å². The van der Waals surface area contributed by atoms with Crippen LogP contribution in [0.15, 0.2) is 77.2 Å². The fraction of sp³-hybridized carbons (Fsp3) is 0.160. The van der Waals surface area contributed by atoms with Crippen molar-refractivity contribution >= 4 is 50.3 Å². The van der Waals surface area contributed by atoms with Gasteiger partial charge in [-0.05, 0) is 60.4 Å². The number of benzene rings is 3. The summed E-state index contributed by atoms with van der Waals surface area (Å²) in [4.78, 5) is 26.5. The number of nitrogens with zero attached hydrogens (tertiary/aromatic N) is 1. The minimum absolute atomic E-state index is 0.0380. The van der Waals surface area contributed by atoms with E-state index in [1.54, 1.807) is 48.5 Å². The summed E-state index contributed by atoms with van der Waals surface area (Å²) in [5.41, 5.74) is 2.84. The zero-order valence-corrected chi connectivity index (χ0v) is 20.4. The summed E-state index contributed by atoms with van der Waals surface area (Å²) >= 11 is 5.91. The Labute approximate surface area is 212 Å². The molecule has 9 nitrogen and oxygen atoms in total. The van der Waals surface area contributed by atoms with Crippen molar-refractivity contribution in [2.45, 2.75) is 18.1 Å². The van der Waals surface area contributed by atoms with Gasteiger partial charge in [-0.25, -0.2) is 22.9 Å². The standard InChI is InChI=1S/C25H22ClN3O6S/c26-18-9-5-16(6-10-18)13-14-27-36(33,34)22(24-29-20-3-1-2-4-21(20)35-24)15-17-7-11-19(12-8-17)28-23(30)25(31)32/h1-12,22,27H,13-15H2,(H,28,30)(H,31,32). The van der Waals surface area contributed by atoms with Gasteiger partial charge in [0.1, 0.15) is 5.52 Å². The fourth-order valence-electron chi connectivity index (χ4n) is 3.57. The van der Waals surface area contributed by atoms with E-state index in [0.29, 0.717) is 28.1 Å². The lowest BCUT2D eigenvalue weighted by Gasteiger charge is -2.16. The summed E-state index contributed by atoms with van der Waals surface area (Å²) in [6.45, 7) is 0.168. The van der Waals surface area contributed by atoms with E-state index in [1.807, 2.05) is 12.1 Å². The second-order valence-electron chi connectivity index (χ2n) is 7.98. The van der Waals surface area contributed by atoms with Crippen LogP contribution in [0, 0.1) is 0 Å². The molecule has 0 fully saturated rings. The van der Waals surface area contributed by atoms with Crippen molar-refractivity contribution in [2.75, 3.05) is 11.9 Å². The van der Waals surface area contributed by atoms with E-state index in [2.05, 4.69) is 15.0 Å². The number of carbonyl (C=O) groups excluding carboxylic acids is 1. The van der Waals surface area contributed by atoms with Gasteiger partial charge in [0, 0.05) is 17.3 Å². The van der Waals surface area contributed by atoms with Gasteiger partial charge >= 0.3 is 11.9 Å². The summed E-state index contributed by atoms with van der Waals surface area (Å²) in [5.74, 6) is -2.72. The number of aromatic nitrogens is 1. The maximum Gasteiger partial charge on any atom is 0.394 e. The Kier molecular flexibility index (Phi) is 7.68. The number of carboxylic acids is 1. The molecule has 1 unspecified atom stereocenters. The topological polar surface area (TPSA) is 139 Å². The number of carboxylic acid groups (broad SMARTS) is 1. The van der Waals surface area contributed by atoms with Crippen molar-refractivity contribution in [1.29, 1.82) is 0 Å². The van der Waals surface area contributed by atoms with Gasteiger partial charge in [-0.3, -0.25) is 4.79 Å². The molecule has 0 saturated carbocycles. The molecule has 0 spiro atoms. The number of carbonyl (C=O) groups is 2. The largest absolute Gasteiger partial charge is 0.474 e. The molecule has 3 N–H and O–H groups in total. The number of halogens is 1. The van der Waals surface area contributed by atoms with Gasteiger partial charge in [0.15, 0.2) is 10.8 Å². The third-order valence-electron chi connectivity index (χ3n) is 5.42. The lowest BCUT2D eigenvalue weighted by atomic mass is 10.1. The van der Waals surface area contributed by atoms with Crippen LogP contribution in [0.3, 0.4) is 0 Å². The van der Waals surface area contributed by atoms with E-state index in [4.69, 9.17) is 21.1 Å². The second kappa shape index (κ2) is 10.9. The molecule has 1 amide bonds. The van der Waals surface area contributed by atoms with Gasteiger partial charge in [-0.15, -0.1) is 0 Å². The summed E-state index contributed by atoms with van der Waals surface area (Å²) in [7, 11) is -3.92. The Morgan fingerprint density at radius 3 is 2.31 bits per heavy atom. The molecular formula is C25H22ClN3O6S. The first-order valence-electron chi connectivity index (χ1n) is 10.9. The molecule has 36 heavy (non-hydrogen) atoms. The molecule has 0 aliphatic carbocycles. The molecule has 4 rings (SSSR count). The third kappa shape index (κ3) is 6.28. The Morgan fingerprint density at radius 1 is 0.972 bits per heavy atom. The molecular weight excluding hydrogens is 506 g/mol. The minimum atomic E-state index is -3.92. The maximum atomic E-state index is 13.4. The van der Waals surface area contributed by atoms with Crippen LogP contribution in [0.2, 0.25) is 5.02 Å². The zero-order valence-electron chi connectivity index (χ0n) is 18.8. The third-order valence-corrected chi connectivity index (χ3v) is 7.39. The number of oxazole rings is 1. The van der Waals surface area contributed by atoms with E-state index in [9.17, 15) is 18.0 Å². The number of hydrogen-bond donors (Lipinski definition) is 3. The first-order valence-corrected chi connectivity index (χ1v) is 12.9. The number of rotatable bonds is 9. The predicted molar refractivity (Wildman–Crippen MR) is 135 cm³/mol. The van der Waals surface area contributed by atoms with E-state index >= 15 is 0 Å². The Bertz CT molecular complexity index is 1450. The second-order valence-corrected chi connectivity index (χ2v) is 10.4. The summed E-state index contributed by atoms with van der Waals surface area (Å²) in [5, 5.41) is 10.5. The number of para-hydroxylation sites is 2. The quantitative estimate of drug-likeness (QED) is 0.280. The van der Waals surface area contributed by atoms with Crippen molar-refractivity contribution in [1.82, 2.24) is 9.71 Å². The predicted octanol–water partition coefficient (Wildman–Crippen LogP) is 3.95. The number of amides is 1. The molecule has 0 aliphatic heterocycles. The highest BCUT2D eigenvalue weighted by Gasteiger charge is 2.32. The van der Waals surface area contributed by atoms with Gasteiger partial charge < -0.3 is 14.8 Å². The number of sulfonamides is 1. The number of aliphatic carboxylic acids is 1. The van der Waals surface area contributed by atoms with Crippen LogP contribution in [-0.2, 0) is 32.5 Å². The number of fused-ring (bicyclic) bond motifs is 1. The van der Waals surface area contributed by atoms with Crippen LogP contribution in [-0.4, -0.2) is 36.9 Å². The molecule has 1 heterocycles. The Morgan fingerprint density at radius 2 is 1.64 bits per heavy atom. The number of anilines is 1. The lowest BCUT2D eigenvalue weighted by Crippen LogP contribution is -2.32. The number of hydrogen-bond acceptors (Lipinski definition) is 6. The van der Waals surface area contributed by atoms with Crippen LogP contribution in [0.5, 0.6) is 0 Å². The number of nitrogens with one attached hydrogen (secondary N) is 2. The van der Waals surface area contributed by atoms with Crippen molar-refractivity contribution in [2.24, 2.45) is 0 Å². The molecule has 0 radical (unpaired) electrons. The van der Waals surface area contributed by atoms with Gasteiger partial charge in [0.2, 0.25) is 15.9 Å². The molecule has 3 aromatic carbocycles. The highest BCUT2D eigenvalue weighted by Crippen LogP contribution is 2.29. The monoisotopic (exact) mass is 527 g/mol. The van der Waals surface area contributed by atoms with Crippen LogP contribution in [0.4, 0.5) is 5.69 Å². The highest BCUT2D eigenvalue weighted by atomic mass is 35.5. The maximum absolute atomic E-state index is 13.4. The molecule has 1 atom stereocenters. The van der Waals surface area contributed by atoms with Gasteiger partial charge in [-0.2, -0.15) is 0 Å². The molecule has 186 valence electrons. The van der Waals surface area contributed by atoms with Crippen molar-refractivity contribution < 1.29 is 27.5 Å². The van der Waals surface area contributed by atoms with Gasteiger partial charge in [0.05, 0.1) is 0 Å². The van der Waals surface area contributed by atoms with Crippen LogP contribution in [0.1, 0.15) is 22.3 Å². The fourth-order valence-corrected chi connectivity index (χ4v) is 5.06. The first kappa shape index (κ1) is 25.4. The molecule has 0 saturated heterocycles. The minimum Gasteiger partial charge on any atom is -0.474 e. The van der Waals surface area contributed by atoms with Crippen LogP contribution in [0.25, 0.3) is 11.1 Å². The van der Waals surface area contributed by atoms with Crippen molar-refractivity contribution in [3.8, 4) is 0 Å². The Balaban J connectivity index is 1.55. The van der Waals surface area contributed by atoms with Crippen molar-refractivity contribution in [3.63, 3.8) is 0 Å². The molecule has 4 aromatic rings. The molecule has 1 aromatic heterocycles. The zero-order chi connectivity index (χ0) is 25.7. The molecule has 11 heteroatoms. The van der Waals surface area contributed by atoms with Crippen molar-refractivity contribution in [3.05, 3.63) is 94.8 Å². The normalized spacial score (nSPS) is 12.4.